The highest BCUT2D eigenvalue weighted by Gasteiger charge is 2.13. The third-order valence-electron chi connectivity index (χ3n) is 2.94. The van der Waals surface area contributed by atoms with Crippen molar-refractivity contribution in [1.29, 1.82) is 0 Å². The Labute approximate surface area is 143 Å². The van der Waals surface area contributed by atoms with E-state index < -0.39 is 5.97 Å². The number of hydrogen-bond acceptors (Lipinski definition) is 6. The van der Waals surface area contributed by atoms with Gasteiger partial charge in [-0.25, -0.2) is 9.78 Å². The molecule has 1 aromatic carbocycles. The van der Waals surface area contributed by atoms with Gasteiger partial charge in [0.25, 0.3) is 0 Å². The van der Waals surface area contributed by atoms with Gasteiger partial charge in [-0.05, 0) is 32.4 Å². The Bertz CT molecular complexity index is 713. The fourth-order valence-electron chi connectivity index (χ4n) is 1.79. The number of hydrogen-bond donors (Lipinski definition) is 1. The quantitative estimate of drug-likeness (QED) is 0.636. The van der Waals surface area contributed by atoms with E-state index in [0.717, 1.165) is 16.0 Å². The second-order valence-corrected chi connectivity index (χ2v) is 6.74. The average Bonchev–Trinajstić information content (AvgIpc) is 2.97. The number of benzene rings is 1. The number of thiazole rings is 1. The summed E-state index contributed by atoms with van der Waals surface area (Å²) in [6.45, 7) is 6.07. The van der Waals surface area contributed by atoms with Gasteiger partial charge >= 0.3 is 5.97 Å². The van der Waals surface area contributed by atoms with Gasteiger partial charge in [0, 0.05) is 10.3 Å². The van der Waals surface area contributed by atoms with Gasteiger partial charge < -0.3 is 10.1 Å². The lowest BCUT2D eigenvalue weighted by atomic mass is 10.2. The molecule has 1 N–H and O–H groups in total. The van der Waals surface area contributed by atoms with Gasteiger partial charge in [-0.15, -0.1) is 23.1 Å². The molecule has 0 aliphatic carbocycles. The van der Waals surface area contributed by atoms with E-state index in [4.69, 9.17) is 4.74 Å². The SMILES string of the molecule is CCOC(=O)c1csc(NC(=O)CSc2cc(C)ccc2C)n1. The van der Waals surface area contributed by atoms with Crippen LogP contribution in [-0.4, -0.2) is 29.2 Å². The lowest BCUT2D eigenvalue weighted by Gasteiger charge is -2.06. The minimum absolute atomic E-state index is 0.152. The molecule has 0 bridgehead atoms. The fourth-order valence-corrected chi connectivity index (χ4v) is 3.41. The number of rotatable bonds is 6. The highest BCUT2D eigenvalue weighted by Crippen LogP contribution is 2.24. The van der Waals surface area contributed by atoms with E-state index in [1.54, 1.807) is 12.3 Å². The Morgan fingerprint density at radius 2 is 2.13 bits per heavy atom. The number of ether oxygens (including phenoxy) is 1. The largest absolute Gasteiger partial charge is 0.461 e. The molecule has 122 valence electrons. The van der Waals surface area contributed by atoms with Crippen LogP contribution < -0.4 is 5.32 Å². The lowest BCUT2D eigenvalue weighted by molar-refractivity contribution is -0.113. The number of aryl methyl sites for hydroxylation is 2. The van der Waals surface area contributed by atoms with Crippen molar-refractivity contribution in [2.45, 2.75) is 25.7 Å². The standard InChI is InChI=1S/C16H18N2O3S2/c1-4-21-15(20)12-8-23-16(17-12)18-14(19)9-22-13-7-10(2)5-6-11(13)3/h5-8H,4,9H2,1-3H3,(H,17,18,19). The van der Waals surface area contributed by atoms with E-state index in [1.165, 1.54) is 23.1 Å². The maximum atomic E-state index is 12.0. The number of nitrogens with one attached hydrogen (secondary N) is 1. The van der Waals surface area contributed by atoms with Crippen LogP contribution in [0.2, 0.25) is 0 Å². The normalized spacial score (nSPS) is 10.4. The van der Waals surface area contributed by atoms with E-state index in [0.29, 0.717) is 17.5 Å². The predicted molar refractivity (Wildman–Crippen MR) is 93.3 cm³/mol. The predicted octanol–water partition coefficient (Wildman–Crippen LogP) is 3.67. The molecule has 1 aromatic heterocycles. The van der Waals surface area contributed by atoms with Crippen LogP contribution in [0.15, 0.2) is 28.5 Å². The van der Waals surface area contributed by atoms with Gasteiger partial charge in [0.2, 0.25) is 5.91 Å². The summed E-state index contributed by atoms with van der Waals surface area (Å²) in [7, 11) is 0. The van der Waals surface area contributed by atoms with Crippen LogP contribution in [0.5, 0.6) is 0 Å². The summed E-state index contributed by atoms with van der Waals surface area (Å²) in [5.41, 5.74) is 2.53. The Morgan fingerprint density at radius 3 is 2.87 bits per heavy atom. The first-order valence-electron chi connectivity index (χ1n) is 7.12. The van der Waals surface area contributed by atoms with Crippen LogP contribution in [0.25, 0.3) is 0 Å². The van der Waals surface area contributed by atoms with E-state index in [2.05, 4.69) is 16.4 Å². The fraction of sp³-hybridized carbons (Fsp3) is 0.312. The highest BCUT2D eigenvalue weighted by molar-refractivity contribution is 8.00. The lowest BCUT2D eigenvalue weighted by Crippen LogP contribution is -2.14. The molecular formula is C16H18N2O3S2. The summed E-state index contributed by atoms with van der Waals surface area (Å²) in [4.78, 5) is 28.7. The van der Waals surface area contributed by atoms with Crippen LogP contribution in [0.1, 0.15) is 28.5 Å². The molecule has 0 unspecified atom stereocenters. The molecule has 0 aliphatic heterocycles. The monoisotopic (exact) mass is 350 g/mol. The minimum atomic E-state index is -0.478. The second kappa shape index (κ2) is 8.12. The van der Waals surface area contributed by atoms with Crippen molar-refractivity contribution in [3.8, 4) is 0 Å². The molecule has 0 radical (unpaired) electrons. The third kappa shape index (κ3) is 5.07. The van der Waals surface area contributed by atoms with Crippen molar-refractivity contribution >= 4 is 40.1 Å². The van der Waals surface area contributed by atoms with Crippen LogP contribution in [-0.2, 0) is 9.53 Å². The number of nitrogens with zero attached hydrogens (tertiary/aromatic N) is 1. The van der Waals surface area contributed by atoms with Gasteiger partial charge in [-0.2, -0.15) is 0 Å². The maximum Gasteiger partial charge on any atom is 0.357 e. The van der Waals surface area contributed by atoms with E-state index in [9.17, 15) is 9.59 Å². The van der Waals surface area contributed by atoms with Gasteiger partial charge in [0.05, 0.1) is 12.4 Å². The van der Waals surface area contributed by atoms with Gasteiger partial charge in [-0.3, -0.25) is 4.79 Å². The molecule has 0 fully saturated rings. The van der Waals surface area contributed by atoms with E-state index in [-0.39, 0.29) is 11.6 Å². The summed E-state index contributed by atoms with van der Waals surface area (Å²) in [6.07, 6.45) is 0. The first kappa shape index (κ1) is 17.5. The van der Waals surface area contributed by atoms with Gasteiger partial charge in [0.1, 0.15) is 0 Å². The van der Waals surface area contributed by atoms with Crippen LogP contribution in [0.3, 0.4) is 0 Å². The molecular weight excluding hydrogens is 332 g/mol. The number of amides is 1. The Hall–Kier alpha value is -1.86. The molecule has 7 heteroatoms. The summed E-state index contributed by atoms with van der Waals surface area (Å²) in [6, 6.07) is 6.16. The number of aromatic nitrogens is 1. The van der Waals surface area contributed by atoms with Crippen LogP contribution in [0.4, 0.5) is 5.13 Å². The molecule has 2 aromatic rings. The Kier molecular flexibility index (Phi) is 6.18. The first-order valence-corrected chi connectivity index (χ1v) is 8.98. The molecule has 1 heterocycles. The van der Waals surface area contributed by atoms with Crippen molar-refractivity contribution in [3.05, 3.63) is 40.4 Å². The van der Waals surface area contributed by atoms with Crippen LogP contribution >= 0.6 is 23.1 Å². The summed E-state index contributed by atoms with van der Waals surface area (Å²) >= 11 is 2.69. The highest BCUT2D eigenvalue weighted by atomic mass is 32.2. The Morgan fingerprint density at radius 1 is 1.35 bits per heavy atom. The summed E-state index contributed by atoms with van der Waals surface area (Å²) in [5, 5.41) is 4.68. The van der Waals surface area contributed by atoms with Crippen molar-refractivity contribution in [1.82, 2.24) is 4.98 Å². The average molecular weight is 350 g/mol. The maximum absolute atomic E-state index is 12.0. The molecule has 0 aliphatic rings. The molecule has 0 spiro atoms. The smallest absolute Gasteiger partial charge is 0.357 e. The minimum Gasteiger partial charge on any atom is -0.461 e. The molecule has 2 rings (SSSR count). The molecule has 0 saturated heterocycles. The first-order chi connectivity index (χ1) is 11.0. The molecule has 5 nitrogen and oxygen atoms in total. The zero-order valence-electron chi connectivity index (χ0n) is 13.2. The van der Waals surface area contributed by atoms with E-state index in [1.807, 2.05) is 26.0 Å². The number of carbonyl (C=O) groups excluding carboxylic acids is 2. The second-order valence-electron chi connectivity index (χ2n) is 4.86. The topological polar surface area (TPSA) is 68.3 Å². The van der Waals surface area contributed by atoms with Crippen LogP contribution in [0, 0.1) is 13.8 Å². The molecule has 23 heavy (non-hydrogen) atoms. The summed E-state index contributed by atoms with van der Waals surface area (Å²) < 4.78 is 4.86. The zero-order valence-corrected chi connectivity index (χ0v) is 14.8. The van der Waals surface area contributed by atoms with Crippen molar-refractivity contribution in [3.63, 3.8) is 0 Å². The van der Waals surface area contributed by atoms with Gasteiger partial charge in [0.15, 0.2) is 10.8 Å². The molecule has 0 atom stereocenters. The van der Waals surface area contributed by atoms with Crippen molar-refractivity contribution < 1.29 is 14.3 Å². The third-order valence-corrected chi connectivity index (χ3v) is 4.85. The number of anilines is 1. The summed E-state index contributed by atoms with van der Waals surface area (Å²) in [5.74, 6) is -0.340. The van der Waals surface area contributed by atoms with Crippen molar-refractivity contribution in [2.75, 3.05) is 17.7 Å². The van der Waals surface area contributed by atoms with E-state index >= 15 is 0 Å². The number of thioether (sulfide) groups is 1. The molecule has 0 saturated carbocycles. The van der Waals surface area contributed by atoms with Crippen molar-refractivity contribution in [2.24, 2.45) is 0 Å². The zero-order chi connectivity index (χ0) is 16.8. The number of carbonyl (C=O) groups is 2. The number of esters is 1. The van der Waals surface area contributed by atoms with Gasteiger partial charge in [-0.1, -0.05) is 17.7 Å². The Balaban J connectivity index is 1.90. The molecule has 1 amide bonds.